The number of anilines is 1. The Hall–Kier alpha value is -2.44. The summed E-state index contributed by atoms with van der Waals surface area (Å²) < 4.78 is 2.14. The number of fused-ring (bicyclic) bond motifs is 1. The van der Waals surface area contributed by atoms with Crippen LogP contribution in [0, 0.1) is 13.8 Å². The number of pyridine rings is 2. The molecule has 0 bridgehead atoms. The van der Waals surface area contributed by atoms with Gasteiger partial charge in [0.05, 0.1) is 5.69 Å². The predicted molar refractivity (Wildman–Crippen MR) is 132 cm³/mol. The van der Waals surface area contributed by atoms with Gasteiger partial charge in [-0.3, -0.25) is 4.90 Å². The van der Waals surface area contributed by atoms with E-state index in [0.29, 0.717) is 5.92 Å². The van der Waals surface area contributed by atoms with Gasteiger partial charge in [0.1, 0.15) is 11.5 Å². The molecule has 2 fully saturated rings. The van der Waals surface area contributed by atoms with Gasteiger partial charge < -0.3 is 14.6 Å². The molecule has 0 aromatic carbocycles. The van der Waals surface area contributed by atoms with Crippen molar-refractivity contribution in [2.75, 3.05) is 44.2 Å². The maximum absolute atomic E-state index is 5.23. The van der Waals surface area contributed by atoms with Crippen molar-refractivity contribution in [1.82, 2.24) is 24.6 Å². The molecule has 0 spiro atoms. The summed E-state index contributed by atoms with van der Waals surface area (Å²) in [5.41, 5.74) is 7.25. The van der Waals surface area contributed by atoms with Crippen LogP contribution in [-0.2, 0) is 0 Å². The summed E-state index contributed by atoms with van der Waals surface area (Å²) in [5.74, 6) is 1.50. The Bertz CT molecular complexity index is 1090. The van der Waals surface area contributed by atoms with E-state index < -0.39 is 0 Å². The predicted octanol–water partition coefficient (Wildman–Crippen LogP) is 4.01. The van der Waals surface area contributed by atoms with Crippen LogP contribution < -0.4 is 10.2 Å². The van der Waals surface area contributed by atoms with Crippen molar-refractivity contribution in [2.45, 2.75) is 52.5 Å². The first-order chi connectivity index (χ1) is 15.5. The van der Waals surface area contributed by atoms with Gasteiger partial charge >= 0.3 is 0 Å². The SMILES string of the molecule is Cc1c(-c2ccc(N3CCC(N4CCNCC4)CC3)nc2C(C)C)cn2ccnc2c1C. The van der Waals surface area contributed by atoms with E-state index >= 15 is 0 Å². The van der Waals surface area contributed by atoms with E-state index in [1.54, 1.807) is 0 Å². The van der Waals surface area contributed by atoms with E-state index in [2.05, 4.69) is 70.5 Å². The summed E-state index contributed by atoms with van der Waals surface area (Å²) in [6.07, 6.45) is 8.59. The topological polar surface area (TPSA) is 48.7 Å². The zero-order valence-corrected chi connectivity index (χ0v) is 19.9. The molecule has 3 aromatic rings. The van der Waals surface area contributed by atoms with E-state index in [1.165, 1.54) is 53.9 Å². The maximum Gasteiger partial charge on any atom is 0.139 e. The molecular weight excluding hydrogens is 396 g/mol. The van der Waals surface area contributed by atoms with Gasteiger partial charge in [0.15, 0.2) is 0 Å². The van der Waals surface area contributed by atoms with Crippen LogP contribution in [0.3, 0.4) is 0 Å². The molecule has 6 heteroatoms. The van der Waals surface area contributed by atoms with Gasteiger partial charge in [-0.2, -0.15) is 0 Å². The Balaban J connectivity index is 1.41. The molecule has 0 aliphatic carbocycles. The number of piperazine rings is 1. The van der Waals surface area contributed by atoms with E-state index in [9.17, 15) is 0 Å². The number of imidazole rings is 1. The molecule has 2 aliphatic rings. The normalized spacial score (nSPS) is 18.7. The highest BCUT2D eigenvalue weighted by Crippen LogP contribution is 2.34. The molecule has 2 saturated heterocycles. The Labute approximate surface area is 191 Å². The largest absolute Gasteiger partial charge is 0.356 e. The third kappa shape index (κ3) is 3.90. The molecule has 3 aromatic heterocycles. The summed E-state index contributed by atoms with van der Waals surface area (Å²) in [6.45, 7) is 15.7. The summed E-state index contributed by atoms with van der Waals surface area (Å²) in [6, 6.07) is 5.26. The quantitative estimate of drug-likeness (QED) is 0.675. The fourth-order valence-corrected chi connectivity index (χ4v) is 5.40. The van der Waals surface area contributed by atoms with Gasteiger partial charge in [-0.25, -0.2) is 9.97 Å². The van der Waals surface area contributed by atoms with Gasteiger partial charge in [0.25, 0.3) is 0 Å². The summed E-state index contributed by atoms with van der Waals surface area (Å²) >= 11 is 0. The molecule has 5 heterocycles. The molecule has 170 valence electrons. The zero-order chi connectivity index (χ0) is 22.2. The molecule has 2 aliphatic heterocycles. The second-order valence-electron chi connectivity index (χ2n) is 9.71. The van der Waals surface area contributed by atoms with Crippen molar-refractivity contribution < 1.29 is 0 Å². The Morgan fingerprint density at radius 2 is 1.72 bits per heavy atom. The lowest BCUT2D eigenvalue weighted by atomic mass is 9.94. The van der Waals surface area contributed by atoms with Crippen molar-refractivity contribution in [1.29, 1.82) is 0 Å². The number of aryl methyl sites for hydroxylation is 1. The number of rotatable bonds is 4. The van der Waals surface area contributed by atoms with Crippen molar-refractivity contribution in [3.05, 3.63) is 47.5 Å². The lowest BCUT2D eigenvalue weighted by molar-refractivity contribution is 0.150. The molecule has 5 rings (SSSR count). The summed E-state index contributed by atoms with van der Waals surface area (Å²) in [7, 11) is 0. The third-order valence-corrected chi connectivity index (χ3v) is 7.44. The number of hydrogen-bond acceptors (Lipinski definition) is 5. The Morgan fingerprint density at radius 1 is 0.969 bits per heavy atom. The van der Waals surface area contributed by atoms with Crippen LogP contribution in [0.2, 0.25) is 0 Å². The molecule has 0 saturated carbocycles. The highest BCUT2D eigenvalue weighted by atomic mass is 15.2. The van der Waals surface area contributed by atoms with Crippen LogP contribution >= 0.6 is 0 Å². The third-order valence-electron chi connectivity index (χ3n) is 7.44. The molecule has 0 radical (unpaired) electrons. The number of piperidine rings is 1. The average molecular weight is 433 g/mol. The number of nitrogens with one attached hydrogen (secondary N) is 1. The fourth-order valence-electron chi connectivity index (χ4n) is 5.40. The Morgan fingerprint density at radius 3 is 2.44 bits per heavy atom. The summed E-state index contributed by atoms with van der Waals surface area (Å²) in [4.78, 5) is 14.9. The second-order valence-corrected chi connectivity index (χ2v) is 9.71. The second kappa shape index (κ2) is 8.83. The van der Waals surface area contributed by atoms with Crippen molar-refractivity contribution in [3.8, 4) is 11.1 Å². The Kier molecular flexibility index (Phi) is 5.91. The van der Waals surface area contributed by atoms with E-state index in [1.807, 2.05) is 12.4 Å². The highest BCUT2D eigenvalue weighted by Gasteiger charge is 2.26. The first kappa shape index (κ1) is 21.4. The highest BCUT2D eigenvalue weighted by molar-refractivity contribution is 5.74. The van der Waals surface area contributed by atoms with Crippen LogP contribution in [0.5, 0.6) is 0 Å². The molecule has 32 heavy (non-hydrogen) atoms. The standard InChI is InChI=1S/C26H36N6/c1-18(2)25-22(23-17-32-16-11-28-26(32)20(4)19(23)3)5-6-24(29-25)31-12-7-21(8-13-31)30-14-9-27-10-15-30/h5-6,11,16-18,21,27H,7-10,12-15H2,1-4H3. The minimum Gasteiger partial charge on any atom is -0.356 e. The average Bonchev–Trinajstić information content (AvgIpc) is 3.31. The van der Waals surface area contributed by atoms with Crippen molar-refractivity contribution >= 4 is 11.5 Å². The number of nitrogens with zero attached hydrogens (tertiary/aromatic N) is 5. The van der Waals surface area contributed by atoms with Gasteiger partial charge in [0, 0.05) is 75.0 Å². The van der Waals surface area contributed by atoms with Crippen LogP contribution in [-0.4, -0.2) is 64.6 Å². The van der Waals surface area contributed by atoms with Gasteiger partial charge in [-0.1, -0.05) is 13.8 Å². The van der Waals surface area contributed by atoms with Gasteiger partial charge in [-0.05, 0) is 55.9 Å². The van der Waals surface area contributed by atoms with Gasteiger partial charge in [-0.15, -0.1) is 0 Å². The van der Waals surface area contributed by atoms with Crippen LogP contribution in [0.1, 0.15) is 49.4 Å². The van der Waals surface area contributed by atoms with Gasteiger partial charge in [0.2, 0.25) is 0 Å². The smallest absolute Gasteiger partial charge is 0.139 e. The molecule has 6 nitrogen and oxygen atoms in total. The number of hydrogen-bond donors (Lipinski definition) is 1. The molecule has 0 atom stereocenters. The van der Waals surface area contributed by atoms with Crippen LogP contribution in [0.15, 0.2) is 30.7 Å². The summed E-state index contributed by atoms with van der Waals surface area (Å²) in [5, 5.41) is 3.47. The minimum absolute atomic E-state index is 0.363. The first-order valence-electron chi connectivity index (χ1n) is 12.2. The van der Waals surface area contributed by atoms with Crippen LogP contribution in [0.25, 0.3) is 16.8 Å². The lowest BCUT2D eigenvalue weighted by Crippen LogP contribution is -2.52. The first-order valence-corrected chi connectivity index (χ1v) is 12.2. The lowest BCUT2D eigenvalue weighted by Gasteiger charge is -2.40. The van der Waals surface area contributed by atoms with E-state index in [-0.39, 0.29) is 0 Å². The van der Waals surface area contributed by atoms with E-state index in [4.69, 9.17) is 4.98 Å². The monoisotopic (exact) mass is 432 g/mol. The molecule has 1 N–H and O–H groups in total. The minimum atomic E-state index is 0.363. The maximum atomic E-state index is 5.23. The van der Waals surface area contributed by atoms with Crippen LogP contribution in [0.4, 0.5) is 5.82 Å². The number of aromatic nitrogens is 3. The van der Waals surface area contributed by atoms with Crippen molar-refractivity contribution in [2.24, 2.45) is 0 Å². The molecule has 0 unspecified atom stereocenters. The van der Waals surface area contributed by atoms with Crippen molar-refractivity contribution in [3.63, 3.8) is 0 Å². The van der Waals surface area contributed by atoms with E-state index in [0.717, 1.165) is 43.7 Å². The molecule has 0 amide bonds. The fraction of sp³-hybridized carbons (Fsp3) is 0.538. The molecular formula is C26H36N6. The zero-order valence-electron chi connectivity index (χ0n) is 19.9.